The normalized spacial score (nSPS) is 16.9. The van der Waals surface area contributed by atoms with Crippen LogP contribution in [0.5, 0.6) is 17.2 Å². The lowest BCUT2D eigenvalue weighted by molar-refractivity contribution is -0.132. The third-order valence-electron chi connectivity index (χ3n) is 6.37. The van der Waals surface area contributed by atoms with Crippen molar-refractivity contribution in [3.63, 3.8) is 0 Å². The van der Waals surface area contributed by atoms with E-state index < -0.39 is 17.7 Å². The van der Waals surface area contributed by atoms with Crippen molar-refractivity contribution in [2.75, 3.05) is 26.2 Å². The highest BCUT2D eigenvalue weighted by Crippen LogP contribution is 2.42. The first-order valence-corrected chi connectivity index (χ1v) is 11.5. The number of aromatic nitrogens is 2. The summed E-state index contributed by atoms with van der Waals surface area (Å²) in [6.07, 6.45) is 0. The molecule has 0 saturated carbocycles. The number of ether oxygens (including phenoxy) is 3. The molecule has 0 aliphatic carbocycles. The van der Waals surface area contributed by atoms with Crippen molar-refractivity contribution in [3.8, 4) is 17.2 Å². The molecule has 9 heteroatoms. The number of carbonyl (C=O) groups is 2. The zero-order valence-electron chi connectivity index (χ0n) is 20.7. The number of amides is 1. The Morgan fingerprint density at radius 1 is 0.946 bits per heavy atom. The van der Waals surface area contributed by atoms with Crippen molar-refractivity contribution in [2.45, 2.75) is 13.0 Å². The van der Waals surface area contributed by atoms with Gasteiger partial charge < -0.3 is 24.3 Å². The van der Waals surface area contributed by atoms with Crippen LogP contribution in [0.3, 0.4) is 0 Å². The highest BCUT2D eigenvalue weighted by molar-refractivity contribution is 6.51. The second-order valence-electron chi connectivity index (χ2n) is 8.60. The van der Waals surface area contributed by atoms with Gasteiger partial charge in [-0.15, -0.1) is 0 Å². The van der Waals surface area contributed by atoms with Crippen LogP contribution in [-0.2, 0) is 9.59 Å². The lowest BCUT2D eigenvalue weighted by Crippen LogP contribution is -2.30. The van der Waals surface area contributed by atoms with E-state index in [4.69, 9.17) is 14.2 Å². The molecule has 2 heterocycles. The van der Waals surface area contributed by atoms with Gasteiger partial charge in [-0.2, -0.15) is 0 Å². The summed E-state index contributed by atoms with van der Waals surface area (Å²) in [4.78, 5) is 35.8. The minimum atomic E-state index is -0.911. The van der Waals surface area contributed by atoms with Crippen LogP contribution in [0.25, 0.3) is 16.8 Å². The molecule has 0 bridgehead atoms. The van der Waals surface area contributed by atoms with E-state index in [9.17, 15) is 14.7 Å². The molecule has 37 heavy (non-hydrogen) atoms. The van der Waals surface area contributed by atoms with Gasteiger partial charge in [0.15, 0.2) is 11.5 Å². The Morgan fingerprint density at radius 2 is 1.65 bits per heavy atom. The number of benzene rings is 3. The van der Waals surface area contributed by atoms with E-state index in [1.54, 1.807) is 36.4 Å². The van der Waals surface area contributed by atoms with Crippen LogP contribution in [0.2, 0.25) is 0 Å². The molecule has 1 atom stereocenters. The first kappa shape index (κ1) is 23.9. The molecule has 1 fully saturated rings. The summed E-state index contributed by atoms with van der Waals surface area (Å²) in [6.45, 7) is 1.92. The second kappa shape index (κ2) is 9.34. The number of imidazole rings is 1. The van der Waals surface area contributed by atoms with Crippen molar-refractivity contribution >= 4 is 34.4 Å². The van der Waals surface area contributed by atoms with Crippen LogP contribution < -0.4 is 19.1 Å². The summed E-state index contributed by atoms with van der Waals surface area (Å²) in [5.74, 6) is -0.177. The largest absolute Gasteiger partial charge is 0.507 e. The number of fused-ring (bicyclic) bond motifs is 1. The number of Topliss-reactive ketones (excluding diaryl/α,β-unsaturated/α-hetero) is 1. The Morgan fingerprint density at radius 3 is 2.30 bits per heavy atom. The summed E-state index contributed by atoms with van der Waals surface area (Å²) in [7, 11) is 4.58. The standard InChI is InChI=1S/C28H25N3O6/c1-15-6-5-7-17(12-15)24-23(25(32)16-8-10-18(35-2)11-9-16)26(33)27(34)31(24)28-29-19-13-21(36-3)22(37-4)14-20(19)30-28/h5-14,24,32H,1-4H3,(H,29,30)/b25-23+. The number of nitrogens with zero attached hydrogens (tertiary/aromatic N) is 2. The highest BCUT2D eigenvalue weighted by Gasteiger charge is 2.48. The number of ketones is 1. The SMILES string of the molecule is COc1ccc(/C(O)=C2\C(=O)C(=O)N(c3nc4cc(OC)c(OC)cc4[nH]3)C2c2cccc(C)c2)cc1. The molecule has 188 valence electrons. The smallest absolute Gasteiger partial charge is 0.302 e. The summed E-state index contributed by atoms with van der Waals surface area (Å²) in [5, 5.41) is 11.3. The van der Waals surface area contributed by atoms with Crippen molar-refractivity contribution in [1.29, 1.82) is 0 Å². The van der Waals surface area contributed by atoms with Gasteiger partial charge in [0.05, 0.1) is 44.0 Å². The molecule has 1 aliphatic heterocycles. The molecule has 3 aromatic carbocycles. The average Bonchev–Trinajstić information content (AvgIpc) is 3.44. The Kier molecular flexibility index (Phi) is 6.04. The van der Waals surface area contributed by atoms with E-state index in [-0.39, 0.29) is 17.3 Å². The number of anilines is 1. The fourth-order valence-corrected chi connectivity index (χ4v) is 4.55. The number of aromatic amines is 1. The van der Waals surface area contributed by atoms with Crippen LogP contribution in [0.4, 0.5) is 5.95 Å². The first-order chi connectivity index (χ1) is 17.9. The quantitative estimate of drug-likeness (QED) is 0.228. The Hall–Kier alpha value is -4.79. The van der Waals surface area contributed by atoms with Crippen molar-refractivity contribution in [1.82, 2.24) is 9.97 Å². The van der Waals surface area contributed by atoms with Crippen molar-refractivity contribution < 1.29 is 28.9 Å². The van der Waals surface area contributed by atoms with Gasteiger partial charge >= 0.3 is 5.91 Å². The summed E-state index contributed by atoms with van der Waals surface area (Å²) >= 11 is 0. The van der Waals surface area contributed by atoms with E-state index in [0.29, 0.717) is 39.4 Å². The van der Waals surface area contributed by atoms with Crippen molar-refractivity contribution in [2.24, 2.45) is 0 Å². The molecule has 9 nitrogen and oxygen atoms in total. The van der Waals surface area contributed by atoms with Gasteiger partial charge in [-0.25, -0.2) is 4.98 Å². The minimum Gasteiger partial charge on any atom is -0.507 e. The molecule has 4 aromatic rings. The molecule has 1 aliphatic rings. The minimum absolute atomic E-state index is 0.0311. The number of methoxy groups -OCH3 is 3. The number of aliphatic hydroxyl groups is 1. The fourth-order valence-electron chi connectivity index (χ4n) is 4.55. The molecule has 1 aromatic heterocycles. The number of aryl methyl sites for hydroxylation is 1. The van der Waals surface area contributed by atoms with Crippen LogP contribution in [0.15, 0.2) is 66.2 Å². The van der Waals surface area contributed by atoms with Gasteiger partial charge in [-0.1, -0.05) is 29.8 Å². The maximum absolute atomic E-state index is 13.4. The van der Waals surface area contributed by atoms with Gasteiger partial charge in [0.1, 0.15) is 11.5 Å². The van der Waals surface area contributed by atoms with E-state index >= 15 is 0 Å². The van der Waals surface area contributed by atoms with Crippen LogP contribution in [-0.4, -0.2) is 48.1 Å². The zero-order chi connectivity index (χ0) is 26.3. The van der Waals surface area contributed by atoms with Gasteiger partial charge in [0, 0.05) is 17.7 Å². The van der Waals surface area contributed by atoms with Crippen LogP contribution in [0.1, 0.15) is 22.7 Å². The lowest BCUT2D eigenvalue weighted by atomic mass is 9.94. The molecular formula is C28H25N3O6. The van der Waals surface area contributed by atoms with E-state index in [0.717, 1.165) is 5.56 Å². The van der Waals surface area contributed by atoms with Gasteiger partial charge in [-0.3, -0.25) is 14.5 Å². The second-order valence-corrected chi connectivity index (χ2v) is 8.60. The third kappa shape index (κ3) is 4.04. The number of aliphatic hydroxyl groups excluding tert-OH is 1. The maximum Gasteiger partial charge on any atom is 0.302 e. The maximum atomic E-state index is 13.4. The van der Waals surface area contributed by atoms with E-state index in [1.165, 1.54) is 26.2 Å². The predicted octanol–water partition coefficient (Wildman–Crippen LogP) is 4.52. The number of nitrogens with one attached hydrogen (secondary N) is 1. The Labute approximate surface area is 212 Å². The Balaban J connectivity index is 1.71. The topological polar surface area (TPSA) is 114 Å². The van der Waals surface area contributed by atoms with Gasteiger partial charge in [0.2, 0.25) is 5.95 Å². The van der Waals surface area contributed by atoms with E-state index in [1.807, 2.05) is 31.2 Å². The fraction of sp³-hybridized carbons (Fsp3) is 0.179. The summed E-state index contributed by atoms with van der Waals surface area (Å²) in [5.41, 5.74) is 3.06. The monoisotopic (exact) mass is 499 g/mol. The molecule has 0 spiro atoms. The number of hydrogen-bond donors (Lipinski definition) is 2. The molecular weight excluding hydrogens is 474 g/mol. The first-order valence-electron chi connectivity index (χ1n) is 11.5. The summed E-state index contributed by atoms with van der Waals surface area (Å²) < 4.78 is 15.9. The van der Waals surface area contributed by atoms with Crippen LogP contribution in [0, 0.1) is 6.92 Å². The number of hydrogen-bond acceptors (Lipinski definition) is 7. The number of carbonyl (C=O) groups excluding carboxylic acids is 2. The highest BCUT2D eigenvalue weighted by atomic mass is 16.5. The van der Waals surface area contributed by atoms with Gasteiger partial charge in [0.25, 0.3) is 5.78 Å². The zero-order valence-corrected chi connectivity index (χ0v) is 20.7. The van der Waals surface area contributed by atoms with Crippen LogP contribution >= 0.6 is 0 Å². The van der Waals surface area contributed by atoms with E-state index in [2.05, 4.69) is 9.97 Å². The number of H-pyrrole nitrogens is 1. The third-order valence-corrected chi connectivity index (χ3v) is 6.37. The summed E-state index contributed by atoms with van der Waals surface area (Å²) in [6, 6.07) is 16.5. The molecule has 1 amide bonds. The molecule has 0 radical (unpaired) electrons. The molecule has 5 rings (SSSR count). The molecule has 2 N–H and O–H groups in total. The number of rotatable bonds is 6. The average molecular weight is 500 g/mol. The predicted molar refractivity (Wildman–Crippen MR) is 138 cm³/mol. The molecule has 1 saturated heterocycles. The Bertz CT molecular complexity index is 1510. The molecule has 1 unspecified atom stereocenters. The lowest BCUT2D eigenvalue weighted by Gasteiger charge is -2.23. The van der Waals surface area contributed by atoms with Gasteiger partial charge in [-0.05, 0) is 36.8 Å². The van der Waals surface area contributed by atoms with Crippen molar-refractivity contribution in [3.05, 3.63) is 82.9 Å².